The van der Waals surface area contributed by atoms with Gasteiger partial charge >= 0.3 is 5.97 Å². The Hall–Kier alpha value is -2.13. The Bertz CT molecular complexity index is 599. The maximum absolute atomic E-state index is 11.5. The molecule has 1 rings (SSSR count). The normalized spacial score (nSPS) is 10.8. The van der Waals surface area contributed by atoms with Gasteiger partial charge in [0.2, 0.25) is 15.9 Å². The zero-order valence-electron chi connectivity index (χ0n) is 10.6. The van der Waals surface area contributed by atoms with Gasteiger partial charge in [-0.25, -0.2) is 13.2 Å². The molecule has 0 atom stereocenters. The van der Waals surface area contributed by atoms with E-state index in [9.17, 15) is 18.0 Å². The summed E-state index contributed by atoms with van der Waals surface area (Å²) in [5.41, 5.74) is 0.462. The Morgan fingerprint density at radius 1 is 1.20 bits per heavy atom. The lowest BCUT2D eigenvalue weighted by Crippen LogP contribution is -2.21. The van der Waals surface area contributed by atoms with E-state index in [1.54, 1.807) is 12.1 Å². The number of amides is 1. The second kappa shape index (κ2) is 6.87. The molecule has 9 heteroatoms. The molecule has 0 bridgehead atoms. The second-order valence-corrected chi connectivity index (χ2v) is 5.60. The molecule has 0 heterocycles. The van der Waals surface area contributed by atoms with Crippen LogP contribution < -0.4 is 10.0 Å². The van der Waals surface area contributed by atoms with Crippen LogP contribution in [-0.2, 0) is 24.3 Å². The first-order chi connectivity index (χ1) is 9.28. The summed E-state index contributed by atoms with van der Waals surface area (Å²) in [6.07, 6.45) is 0.988. The van der Waals surface area contributed by atoms with Crippen molar-refractivity contribution in [3.63, 3.8) is 0 Å². The number of hydrogen-bond acceptors (Lipinski definition) is 5. The number of sulfonamides is 1. The van der Waals surface area contributed by atoms with Gasteiger partial charge in [-0.1, -0.05) is 12.1 Å². The number of carboxylic acid groups (broad SMARTS) is 1. The van der Waals surface area contributed by atoms with Crippen LogP contribution in [0.15, 0.2) is 24.3 Å². The zero-order chi connectivity index (χ0) is 15.2. The van der Waals surface area contributed by atoms with E-state index >= 15 is 0 Å². The third-order valence-electron chi connectivity index (χ3n) is 1.96. The van der Waals surface area contributed by atoms with Crippen LogP contribution in [0.1, 0.15) is 0 Å². The van der Waals surface area contributed by atoms with Crippen molar-refractivity contribution in [3.8, 4) is 0 Å². The van der Waals surface area contributed by atoms with Gasteiger partial charge in [-0.05, 0) is 12.1 Å². The summed E-state index contributed by atoms with van der Waals surface area (Å²) in [6.45, 7) is -1.03. The molecule has 1 aromatic carbocycles. The van der Waals surface area contributed by atoms with Crippen molar-refractivity contribution < 1.29 is 27.9 Å². The van der Waals surface area contributed by atoms with Gasteiger partial charge in [0.1, 0.15) is 13.2 Å². The Morgan fingerprint density at radius 3 is 2.35 bits per heavy atom. The lowest BCUT2D eigenvalue weighted by Gasteiger charge is -2.11. The quantitative estimate of drug-likeness (QED) is 0.656. The molecular weight excluding hydrogens is 288 g/mol. The number of carboxylic acids is 1. The van der Waals surface area contributed by atoms with Gasteiger partial charge in [-0.2, -0.15) is 0 Å². The molecule has 20 heavy (non-hydrogen) atoms. The number of hydrogen-bond donors (Lipinski definition) is 3. The summed E-state index contributed by atoms with van der Waals surface area (Å²) in [5.74, 6) is -1.77. The van der Waals surface area contributed by atoms with Crippen LogP contribution in [0.3, 0.4) is 0 Å². The largest absolute Gasteiger partial charge is 0.480 e. The predicted molar refractivity (Wildman–Crippen MR) is 72.0 cm³/mol. The minimum Gasteiger partial charge on any atom is -0.480 e. The summed E-state index contributed by atoms with van der Waals surface area (Å²) >= 11 is 0. The number of rotatable bonds is 7. The smallest absolute Gasteiger partial charge is 0.329 e. The first-order valence-corrected chi connectivity index (χ1v) is 7.33. The third-order valence-corrected chi connectivity index (χ3v) is 2.55. The van der Waals surface area contributed by atoms with Gasteiger partial charge in [0.15, 0.2) is 0 Å². The van der Waals surface area contributed by atoms with Crippen molar-refractivity contribution in [1.29, 1.82) is 0 Å². The average Bonchev–Trinajstić information content (AvgIpc) is 2.29. The van der Waals surface area contributed by atoms with Crippen molar-refractivity contribution in [2.24, 2.45) is 0 Å². The van der Waals surface area contributed by atoms with Gasteiger partial charge in [-0.3, -0.25) is 9.52 Å². The first-order valence-electron chi connectivity index (χ1n) is 5.44. The highest BCUT2D eigenvalue weighted by Crippen LogP contribution is 2.21. The van der Waals surface area contributed by atoms with Gasteiger partial charge in [0.25, 0.3) is 0 Å². The summed E-state index contributed by atoms with van der Waals surface area (Å²) in [5, 5.41) is 10.8. The summed E-state index contributed by atoms with van der Waals surface area (Å²) in [4.78, 5) is 21.7. The monoisotopic (exact) mass is 302 g/mol. The second-order valence-electron chi connectivity index (χ2n) is 3.85. The Kier molecular flexibility index (Phi) is 5.47. The van der Waals surface area contributed by atoms with E-state index in [0.29, 0.717) is 0 Å². The molecule has 0 aromatic heterocycles. The number of benzene rings is 1. The van der Waals surface area contributed by atoms with E-state index in [0.717, 1.165) is 6.26 Å². The van der Waals surface area contributed by atoms with Gasteiger partial charge < -0.3 is 15.2 Å². The number of carbonyl (C=O) groups excluding carboxylic acids is 1. The van der Waals surface area contributed by atoms with Crippen LogP contribution in [0, 0.1) is 0 Å². The molecule has 0 unspecified atom stereocenters. The highest BCUT2D eigenvalue weighted by Gasteiger charge is 2.10. The van der Waals surface area contributed by atoms with Gasteiger partial charge in [-0.15, -0.1) is 0 Å². The summed E-state index contributed by atoms with van der Waals surface area (Å²) in [6, 6.07) is 6.20. The third kappa shape index (κ3) is 6.16. The van der Waals surface area contributed by atoms with Gasteiger partial charge in [0, 0.05) is 0 Å². The molecular formula is C11H14N2O6S. The summed E-state index contributed by atoms with van der Waals surface area (Å²) < 4.78 is 29.2. The molecule has 0 spiro atoms. The van der Waals surface area contributed by atoms with Crippen molar-refractivity contribution in [1.82, 2.24) is 0 Å². The fraction of sp³-hybridized carbons (Fsp3) is 0.273. The number of anilines is 2. The number of carbonyl (C=O) groups is 2. The number of ether oxygens (including phenoxy) is 1. The van der Waals surface area contributed by atoms with Gasteiger partial charge in [0.05, 0.1) is 17.6 Å². The fourth-order valence-electron chi connectivity index (χ4n) is 1.30. The van der Waals surface area contributed by atoms with E-state index in [1.807, 2.05) is 0 Å². The maximum Gasteiger partial charge on any atom is 0.329 e. The average molecular weight is 302 g/mol. The van der Waals surface area contributed by atoms with Crippen LogP contribution in [0.5, 0.6) is 0 Å². The highest BCUT2D eigenvalue weighted by molar-refractivity contribution is 7.92. The van der Waals surface area contributed by atoms with Crippen LogP contribution in [0.25, 0.3) is 0 Å². The van der Waals surface area contributed by atoms with E-state index < -0.39 is 35.1 Å². The van der Waals surface area contributed by atoms with Crippen LogP contribution >= 0.6 is 0 Å². The molecule has 0 aliphatic heterocycles. The van der Waals surface area contributed by atoms with Crippen molar-refractivity contribution in [2.45, 2.75) is 0 Å². The molecule has 1 aromatic rings. The molecule has 0 fully saturated rings. The Labute approximate surface area is 115 Å². The topological polar surface area (TPSA) is 122 Å². The zero-order valence-corrected chi connectivity index (χ0v) is 11.4. The lowest BCUT2D eigenvalue weighted by molar-refractivity contribution is -0.143. The molecule has 0 saturated carbocycles. The minimum absolute atomic E-state index is 0.210. The molecule has 8 nitrogen and oxygen atoms in total. The molecule has 110 valence electrons. The van der Waals surface area contributed by atoms with E-state index in [1.165, 1.54) is 12.1 Å². The van der Waals surface area contributed by atoms with Crippen LogP contribution in [-0.4, -0.2) is 44.9 Å². The van der Waals surface area contributed by atoms with Crippen molar-refractivity contribution in [2.75, 3.05) is 29.5 Å². The lowest BCUT2D eigenvalue weighted by atomic mass is 10.3. The minimum atomic E-state index is -3.47. The Morgan fingerprint density at radius 2 is 1.80 bits per heavy atom. The summed E-state index contributed by atoms with van der Waals surface area (Å²) in [7, 11) is -3.47. The van der Waals surface area contributed by atoms with Crippen LogP contribution in [0.4, 0.5) is 11.4 Å². The maximum atomic E-state index is 11.5. The first kappa shape index (κ1) is 15.9. The number of nitrogens with one attached hydrogen (secondary N) is 2. The van der Waals surface area contributed by atoms with Crippen molar-refractivity contribution in [3.05, 3.63) is 24.3 Å². The Balaban J connectivity index is 2.67. The fourth-order valence-corrected chi connectivity index (χ4v) is 1.88. The number of aliphatic carboxylic acids is 1. The van der Waals surface area contributed by atoms with E-state index in [4.69, 9.17) is 5.11 Å². The molecule has 0 aliphatic carbocycles. The highest BCUT2D eigenvalue weighted by atomic mass is 32.2. The SMILES string of the molecule is CS(=O)(=O)Nc1ccccc1NC(=O)COCC(=O)O. The molecule has 0 aliphatic rings. The van der Waals surface area contributed by atoms with Crippen molar-refractivity contribution >= 4 is 33.3 Å². The predicted octanol–water partition coefficient (Wildman–Crippen LogP) is 0.0978. The molecule has 3 N–H and O–H groups in total. The molecule has 1 amide bonds. The molecule has 0 radical (unpaired) electrons. The van der Waals surface area contributed by atoms with Crippen LogP contribution in [0.2, 0.25) is 0 Å². The number of para-hydroxylation sites is 2. The van der Waals surface area contributed by atoms with E-state index in [2.05, 4.69) is 14.8 Å². The standard InChI is InChI=1S/C11H14N2O6S/c1-20(17,18)13-9-5-3-2-4-8(9)12-10(14)6-19-7-11(15)16/h2-5,13H,6-7H2,1H3,(H,12,14)(H,15,16). The van der Waals surface area contributed by atoms with E-state index in [-0.39, 0.29) is 11.4 Å². The molecule has 0 saturated heterocycles.